The van der Waals surface area contributed by atoms with Crippen molar-refractivity contribution in [1.29, 1.82) is 0 Å². The van der Waals surface area contributed by atoms with E-state index < -0.39 is 0 Å². The van der Waals surface area contributed by atoms with Crippen LogP contribution in [0.4, 0.5) is 11.5 Å². The van der Waals surface area contributed by atoms with Gasteiger partial charge in [0, 0.05) is 62.3 Å². The Morgan fingerprint density at radius 1 is 0.321 bits per heavy atom. The molecule has 15 rings (SSSR count). The number of para-hydroxylation sites is 1. The Bertz CT molecular complexity index is 4150. The first-order chi connectivity index (χ1) is 62.2. The third-order valence-corrected chi connectivity index (χ3v) is 28.3. The van der Waals surface area contributed by atoms with Gasteiger partial charge in [0.05, 0.1) is 0 Å². The topological polar surface area (TPSA) is 45.2 Å². The van der Waals surface area contributed by atoms with Gasteiger partial charge in [-0.15, -0.1) is 0 Å². The Balaban J connectivity index is 0.000000255. The van der Waals surface area contributed by atoms with E-state index in [1.807, 2.05) is 36.9 Å². The van der Waals surface area contributed by atoms with Gasteiger partial charge in [0.2, 0.25) is 0 Å². The molecule has 4 saturated carbocycles. The molecule has 3 aromatic heterocycles. The fraction of sp³-hybridized carbons (Fsp3) is 0.595. The maximum Gasteiger partial charge on any atom is 0.131 e. The van der Waals surface area contributed by atoms with E-state index in [0.29, 0.717) is 70.5 Å². The summed E-state index contributed by atoms with van der Waals surface area (Å²) in [5.41, 5.74) is 28.5. The molecular weight excluding hydrogens is 1580 g/mol. The minimum Gasteiger partial charge on any atom is -0.371 e. The first kappa shape index (κ1) is 114. The monoisotopic (exact) mass is 1780 g/mol. The van der Waals surface area contributed by atoms with Gasteiger partial charge in [-0.3, -0.25) is 9.97 Å². The predicted octanol–water partition coefficient (Wildman–Crippen LogP) is 38.1. The van der Waals surface area contributed by atoms with Crippen molar-refractivity contribution in [2.45, 2.75) is 428 Å². The predicted molar refractivity (Wildman–Crippen MR) is 583 cm³/mol. The van der Waals surface area contributed by atoms with Crippen LogP contribution < -0.4 is 9.80 Å². The lowest BCUT2D eigenvalue weighted by atomic mass is 9.65. The van der Waals surface area contributed by atoms with Gasteiger partial charge < -0.3 is 9.80 Å². The maximum atomic E-state index is 4.51. The Hall–Kier alpha value is -7.63. The van der Waals surface area contributed by atoms with E-state index in [4.69, 9.17) is 0 Å². The number of pyridine rings is 3. The SMILES string of the molecule is CC(C)C1CCCCC1(C)C.CC(C)C1CCCCC1C.CC(C)c1ccccc1C(C)C.CC(C)c1ccccc1C1CC1.CC(C)c1ccccc1N1CCCC1.CC(C)c1cccnc1C(C)C.CC(C)c1cccnc1N1CCCC1.CC(C)c1ccncc1C1CC1.CCc1cccc(CC)c1C(C)C.Cc1cccc(C)c1C(C)C.Cc1ccccc1C(C)C. The summed E-state index contributed by atoms with van der Waals surface area (Å²) in [5, 5.41) is 0. The van der Waals surface area contributed by atoms with Crippen LogP contribution >= 0.6 is 0 Å². The quantitative estimate of drug-likeness (QED) is 0.0807. The molecule has 0 spiro atoms. The molecule has 2 aliphatic heterocycles. The third kappa shape index (κ3) is 38.6. The van der Waals surface area contributed by atoms with Gasteiger partial charge in [-0.05, 0) is 335 Å². The van der Waals surface area contributed by atoms with Crippen molar-refractivity contribution in [3.05, 3.63) is 289 Å². The Kier molecular flexibility index (Phi) is 51.5. The molecule has 131 heavy (non-hydrogen) atoms. The zero-order chi connectivity index (χ0) is 97.2. The van der Waals surface area contributed by atoms with Crippen LogP contribution in [0.1, 0.15) is 495 Å². The standard InChI is InChI=1S/C13H19N.C13H20.C12H18N2.C12H16.C12H18.C11H15N.C11H17N.C11H22.C11H16.C10H20.C10H14/c1-11(2)12-7-3-4-8-13(12)14-9-5-6-10-14;1-5-11-8-7-9-12(6-2)13(11)10(3)4;1-10(2)11-6-5-7-13-12(11)14-8-3-4-9-14;1-9(2)11-5-3-4-6-12(11)10-7-8-10;1-9(2)11-7-5-6-8-12(11)10(3)4;1-8(2)10-5-6-12-7-11(10)9-3-4-9;1-8(2)10-6-5-7-12-11(10)9(3)4;1-9(2)10-7-5-6-8-11(10,3)4;1-8(2)11-9(3)6-5-7-10(11)4;2*1-8(2)10-7-5-4-6-9(10)3/h3-4,7-8,11H,5-6,9-10H2,1-2H3;7-10H,5-6H2,1-4H3;5-7,10H,3-4,8-9H2,1-2H3;3-6,9-10H,7-8H2,1-2H3;5-10H,1-4H3;5-9H,3-4H2,1-2H3;5-9H,1-4H3;9-10H,5-8H2,1-4H3;5-8H,1-4H3;8-10H,4-7H2,1-3H3;4-8H,1-3H3. The number of aryl methyl sites for hydroxylation is 5. The lowest BCUT2D eigenvalue weighted by molar-refractivity contribution is 0.0958. The van der Waals surface area contributed by atoms with Crippen LogP contribution in [0.25, 0.3) is 0 Å². The molecule has 5 heterocycles. The highest BCUT2D eigenvalue weighted by molar-refractivity contribution is 5.56. The lowest BCUT2D eigenvalue weighted by Crippen LogP contribution is -2.31. The molecule has 0 bridgehead atoms. The van der Waals surface area contributed by atoms with Crippen LogP contribution in [0.3, 0.4) is 0 Å². The summed E-state index contributed by atoms with van der Waals surface area (Å²) in [4.78, 5) is 18.0. The van der Waals surface area contributed by atoms with E-state index in [1.54, 1.807) is 16.7 Å². The average molecular weight is 1780 g/mol. The number of nitrogens with zero attached hydrogens (tertiary/aromatic N) is 5. The van der Waals surface area contributed by atoms with Gasteiger partial charge in [0.25, 0.3) is 0 Å². The van der Waals surface area contributed by atoms with Crippen LogP contribution in [0, 0.1) is 55.8 Å². The van der Waals surface area contributed by atoms with E-state index in [-0.39, 0.29) is 0 Å². The van der Waals surface area contributed by atoms with Crippen LogP contribution in [0.5, 0.6) is 0 Å². The molecule has 9 aromatic rings. The summed E-state index contributed by atoms with van der Waals surface area (Å²) in [7, 11) is 0. The van der Waals surface area contributed by atoms with Crippen molar-refractivity contribution in [3.63, 3.8) is 0 Å². The first-order valence-corrected chi connectivity index (χ1v) is 53.0. The van der Waals surface area contributed by atoms with Gasteiger partial charge in [0.15, 0.2) is 0 Å². The summed E-state index contributed by atoms with van der Waals surface area (Å²) in [6.45, 7) is 82.0. The minimum atomic E-state index is 0.531. The molecule has 6 fully saturated rings. The number of anilines is 2. The lowest BCUT2D eigenvalue weighted by Gasteiger charge is -2.41. The van der Waals surface area contributed by atoms with E-state index in [1.165, 1.54) is 224 Å². The Morgan fingerprint density at radius 3 is 1.14 bits per heavy atom. The summed E-state index contributed by atoms with van der Waals surface area (Å²) in [6.07, 6.45) is 32.7. The number of aromatic nitrogens is 3. The molecule has 724 valence electrons. The second kappa shape index (κ2) is 59.3. The molecule has 3 unspecified atom stereocenters. The van der Waals surface area contributed by atoms with Crippen LogP contribution in [0.2, 0.25) is 0 Å². The molecule has 0 amide bonds. The van der Waals surface area contributed by atoms with Crippen molar-refractivity contribution in [1.82, 2.24) is 15.0 Å². The van der Waals surface area contributed by atoms with Gasteiger partial charge in [-0.25, -0.2) is 4.98 Å². The number of hydrogen-bond acceptors (Lipinski definition) is 5. The van der Waals surface area contributed by atoms with Crippen LogP contribution in [0.15, 0.2) is 189 Å². The van der Waals surface area contributed by atoms with Gasteiger partial charge in [0.1, 0.15) is 5.82 Å². The molecule has 5 heteroatoms. The van der Waals surface area contributed by atoms with Gasteiger partial charge in [-0.1, -0.05) is 386 Å². The maximum absolute atomic E-state index is 4.51. The third-order valence-electron chi connectivity index (χ3n) is 28.3. The van der Waals surface area contributed by atoms with E-state index >= 15 is 0 Å². The minimum absolute atomic E-state index is 0.531. The second-order valence-electron chi connectivity index (χ2n) is 44.0. The molecule has 3 atom stereocenters. The van der Waals surface area contributed by atoms with Gasteiger partial charge >= 0.3 is 0 Å². The van der Waals surface area contributed by atoms with Crippen molar-refractivity contribution >= 4 is 11.5 Å². The molecule has 2 saturated heterocycles. The van der Waals surface area contributed by atoms with Crippen molar-refractivity contribution in [2.24, 2.45) is 35.0 Å². The van der Waals surface area contributed by atoms with Crippen molar-refractivity contribution < 1.29 is 0 Å². The highest BCUT2D eigenvalue weighted by atomic mass is 15.2. The average Bonchev–Trinajstić information content (AvgIpc) is 1.69. The molecule has 0 radical (unpaired) electrons. The highest BCUT2D eigenvalue weighted by Crippen LogP contribution is 2.46. The molecule has 6 aliphatic rings. The van der Waals surface area contributed by atoms with E-state index in [2.05, 4.69) is 412 Å². The molecular formula is C126H195N5. The summed E-state index contributed by atoms with van der Waals surface area (Å²) < 4.78 is 0. The van der Waals surface area contributed by atoms with Gasteiger partial charge in [-0.2, -0.15) is 0 Å². The van der Waals surface area contributed by atoms with Crippen molar-refractivity contribution in [3.8, 4) is 0 Å². The molecule has 0 N–H and O–H groups in total. The number of rotatable bonds is 19. The fourth-order valence-electron chi connectivity index (χ4n) is 20.8. The first-order valence-electron chi connectivity index (χ1n) is 53.0. The van der Waals surface area contributed by atoms with E-state index in [9.17, 15) is 0 Å². The van der Waals surface area contributed by atoms with E-state index in [0.717, 1.165) is 54.3 Å². The summed E-state index contributed by atoms with van der Waals surface area (Å²) >= 11 is 0. The fourth-order valence-corrected chi connectivity index (χ4v) is 20.8. The normalized spacial score (nSPS) is 16.7. The Morgan fingerprint density at radius 2 is 0.725 bits per heavy atom. The molecule has 4 aliphatic carbocycles. The number of benzene rings is 6. The second-order valence-corrected chi connectivity index (χ2v) is 44.0. The summed E-state index contributed by atoms with van der Waals surface area (Å²) in [6, 6.07) is 58.8. The van der Waals surface area contributed by atoms with Crippen LogP contribution in [-0.2, 0) is 12.8 Å². The van der Waals surface area contributed by atoms with Crippen LogP contribution in [-0.4, -0.2) is 41.1 Å². The zero-order valence-corrected chi connectivity index (χ0v) is 90.6. The number of hydrogen-bond donors (Lipinski definition) is 0. The molecule has 5 nitrogen and oxygen atoms in total. The largest absolute Gasteiger partial charge is 0.371 e. The smallest absolute Gasteiger partial charge is 0.131 e. The highest BCUT2D eigenvalue weighted by Gasteiger charge is 2.34. The Labute approximate surface area is 808 Å². The molecule has 6 aromatic carbocycles. The zero-order valence-electron chi connectivity index (χ0n) is 90.6. The van der Waals surface area contributed by atoms with Crippen molar-refractivity contribution in [2.75, 3.05) is 36.0 Å². The summed E-state index contributed by atoms with van der Waals surface area (Å²) in [5.74, 6) is 14.6.